The van der Waals surface area contributed by atoms with E-state index >= 15 is 0 Å². The molecule has 2 aliphatic rings. The molecule has 1 atom stereocenters. The number of carbonyl (C=O) groups excluding carboxylic acids is 1. The summed E-state index contributed by atoms with van der Waals surface area (Å²) in [4.78, 5) is 14.2. The Bertz CT molecular complexity index is 648. The number of hydrogen-bond acceptors (Lipinski definition) is 3. The van der Waals surface area contributed by atoms with Crippen molar-refractivity contribution in [3.63, 3.8) is 0 Å². The van der Waals surface area contributed by atoms with Crippen molar-refractivity contribution in [3.05, 3.63) is 29.8 Å². The largest absolute Gasteiger partial charge is 0.333 e. The van der Waals surface area contributed by atoms with Crippen LogP contribution in [0.4, 0.5) is 3.89 Å². The summed E-state index contributed by atoms with van der Waals surface area (Å²) in [6.07, 6.45) is 4.38. The lowest BCUT2D eigenvalue weighted by Gasteiger charge is -2.29. The van der Waals surface area contributed by atoms with Crippen molar-refractivity contribution in [1.82, 2.24) is 4.90 Å². The van der Waals surface area contributed by atoms with E-state index in [2.05, 4.69) is 6.92 Å². The maximum absolute atomic E-state index is 12.9. The van der Waals surface area contributed by atoms with Crippen molar-refractivity contribution in [2.24, 2.45) is 5.92 Å². The van der Waals surface area contributed by atoms with E-state index in [1.807, 2.05) is 4.90 Å². The fourth-order valence-corrected chi connectivity index (χ4v) is 3.21. The Kier molecular flexibility index (Phi) is 3.51. The lowest BCUT2D eigenvalue weighted by atomic mass is 10.1. The molecule has 2 aliphatic carbocycles. The number of halogens is 1. The fraction of sp³-hybridized carbons (Fsp3) is 0.533. The molecule has 1 amide bonds. The standard InChI is InChI=1S/C15H18FNO3S/c1-10(11-2-3-11)17(13-6-7-13)15(18)12-4-8-14(9-5-12)21(16,19)20/h4-5,8-11,13H,2-3,6-7H2,1H3. The molecule has 0 saturated heterocycles. The van der Waals surface area contributed by atoms with Gasteiger partial charge in [-0.25, -0.2) is 0 Å². The Morgan fingerprint density at radius 3 is 2.19 bits per heavy atom. The smallest absolute Gasteiger partial charge is 0.332 e. The molecule has 0 spiro atoms. The monoisotopic (exact) mass is 311 g/mol. The van der Waals surface area contributed by atoms with Gasteiger partial charge in [-0.05, 0) is 62.8 Å². The van der Waals surface area contributed by atoms with Gasteiger partial charge in [0.05, 0.1) is 4.90 Å². The predicted molar refractivity (Wildman–Crippen MR) is 76.1 cm³/mol. The van der Waals surface area contributed by atoms with Crippen LogP contribution in [0.5, 0.6) is 0 Å². The number of rotatable bonds is 5. The fourth-order valence-electron chi connectivity index (χ4n) is 2.75. The molecule has 21 heavy (non-hydrogen) atoms. The molecule has 1 aromatic carbocycles. The quantitative estimate of drug-likeness (QED) is 0.786. The molecule has 6 heteroatoms. The molecular weight excluding hydrogens is 293 g/mol. The number of hydrogen-bond donors (Lipinski definition) is 0. The minimum atomic E-state index is -4.71. The van der Waals surface area contributed by atoms with E-state index in [0.29, 0.717) is 17.5 Å². The highest BCUT2D eigenvalue weighted by Gasteiger charge is 2.41. The Labute approximate surface area is 124 Å². The summed E-state index contributed by atoms with van der Waals surface area (Å²) in [5.74, 6) is 0.500. The van der Waals surface area contributed by atoms with Crippen LogP contribution < -0.4 is 0 Å². The van der Waals surface area contributed by atoms with E-state index in [0.717, 1.165) is 37.8 Å². The zero-order valence-corrected chi connectivity index (χ0v) is 12.6. The summed E-state index contributed by atoms with van der Waals surface area (Å²) < 4.78 is 34.5. The van der Waals surface area contributed by atoms with Crippen LogP contribution in [0.25, 0.3) is 0 Å². The zero-order chi connectivity index (χ0) is 15.2. The summed E-state index contributed by atoms with van der Waals surface area (Å²) >= 11 is 0. The van der Waals surface area contributed by atoms with Crippen LogP contribution in [-0.4, -0.2) is 31.3 Å². The van der Waals surface area contributed by atoms with Crippen molar-refractivity contribution in [2.75, 3.05) is 0 Å². The Balaban J connectivity index is 1.82. The lowest BCUT2D eigenvalue weighted by molar-refractivity contribution is 0.0654. The molecule has 0 aliphatic heterocycles. The van der Waals surface area contributed by atoms with E-state index in [1.165, 1.54) is 12.1 Å². The second-order valence-corrected chi connectivity index (χ2v) is 7.33. The molecule has 114 valence electrons. The summed E-state index contributed by atoms with van der Waals surface area (Å²) in [6.45, 7) is 2.08. The van der Waals surface area contributed by atoms with Gasteiger partial charge in [0.25, 0.3) is 5.91 Å². The first kappa shape index (κ1) is 14.5. The molecular formula is C15H18FNO3S. The van der Waals surface area contributed by atoms with Crippen molar-refractivity contribution >= 4 is 16.1 Å². The zero-order valence-electron chi connectivity index (χ0n) is 11.8. The van der Waals surface area contributed by atoms with Crippen molar-refractivity contribution in [1.29, 1.82) is 0 Å². The van der Waals surface area contributed by atoms with Gasteiger partial charge in [-0.3, -0.25) is 4.79 Å². The highest BCUT2D eigenvalue weighted by Crippen LogP contribution is 2.40. The van der Waals surface area contributed by atoms with Gasteiger partial charge in [-0.2, -0.15) is 8.42 Å². The average Bonchev–Trinajstić information content (AvgIpc) is 3.28. The normalized spacial score (nSPS) is 20.1. The van der Waals surface area contributed by atoms with Gasteiger partial charge < -0.3 is 4.90 Å². The number of benzene rings is 1. The van der Waals surface area contributed by atoms with Crippen LogP contribution in [0.2, 0.25) is 0 Å². The minimum Gasteiger partial charge on any atom is -0.333 e. The number of nitrogens with zero attached hydrogens (tertiary/aromatic N) is 1. The highest BCUT2D eigenvalue weighted by molar-refractivity contribution is 7.86. The van der Waals surface area contributed by atoms with Gasteiger partial charge in [-0.15, -0.1) is 3.89 Å². The summed E-state index contributed by atoms with van der Waals surface area (Å²) in [5.41, 5.74) is 0.418. The molecule has 0 bridgehead atoms. The topological polar surface area (TPSA) is 54.5 Å². The minimum absolute atomic E-state index is 0.0836. The first-order valence-corrected chi connectivity index (χ1v) is 8.63. The predicted octanol–water partition coefficient (Wildman–Crippen LogP) is 2.75. The molecule has 0 radical (unpaired) electrons. The maximum atomic E-state index is 12.9. The Hall–Kier alpha value is -1.43. The van der Waals surface area contributed by atoms with Crippen LogP contribution in [0.3, 0.4) is 0 Å². The summed E-state index contributed by atoms with van der Waals surface area (Å²) in [6, 6.07) is 5.60. The van der Waals surface area contributed by atoms with Crippen LogP contribution in [0.15, 0.2) is 29.2 Å². The summed E-state index contributed by atoms with van der Waals surface area (Å²) in [7, 11) is -4.71. The van der Waals surface area contributed by atoms with Crippen LogP contribution in [0, 0.1) is 5.92 Å². The second-order valence-electron chi connectivity index (χ2n) is 5.98. The van der Waals surface area contributed by atoms with Gasteiger partial charge in [-0.1, -0.05) is 0 Å². The number of carbonyl (C=O) groups is 1. The lowest BCUT2D eigenvalue weighted by Crippen LogP contribution is -2.41. The van der Waals surface area contributed by atoms with E-state index < -0.39 is 15.1 Å². The molecule has 1 aromatic rings. The van der Waals surface area contributed by atoms with Crippen molar-refractivity contribution < 1.29 is 17.1 Å². The van der Waals surface area contributed by atoms with Crippen LogP contribution >= 0.6 is 0 Å². The molecule has 4 nitrogen and oxygen atoms in total. The van der Waals surface area contributed by atoms with Gasteiger partial charge >= 0.3 is 10.2 Å². The van der Waals surface area contributed by atoms with Crippen LogP contribution in [-0.2, 0) is 10.2 Å². The first-order valence-electron chi connectivity index (χ1n) is 7.25. The summed E-state index contributed by atoms with van der Waals surface area (Å²) in [5, 5.41) is 0. The second kappa shape index (κ2) is 5.09. The van der Waals surface area contributed by atoms with Gasteiger partial charge in [0.1, 0.15) is 0 Å². The Morgan fingerprint density at radius 1 is 1.19 bits per heavy atom. The van der Waals surface area contributed by atoms with E-state index in [-0.39, 0.29) is 11.9 Å². The average molecular weight is 311 g/mol. The maximum Gasteiger partial charge on any atom is 0.332 e. The van der Waals surface area contributed by atoms with Gasteiger partial charge in [0.15, 0.2) is 0 Å². The number of amides is 1. The molecule has 0 N–H and O–H groups in total. The molecule has 1 unspecified atom stereocenters. The third kappa shape index (κ3) is 3.10. The molecule has 2 fully saturated rings. The third-order valence-corrected chi connectivity index (χ3v) is 5.14. The van der Waals surface area contributed by atoms with Gasteiger partial charge in [0, 0.05) is 17.6 Å². The molecule has 3 rings (SSSR count). The molecule has 0 aromatic heterocycles. The van der Waals surface area contributed by atoms with Gasteiger partial charge in [0.2, 0.25) is 0 Å². The molecule has 0 heterocycles. The van der Waals surface area contributed by atoms with Crippen LogP contribution in [0.1, 0.15) is 43.0 Å². The third-order valence-electron chi connectivity index (χ3n) is 4.30. The first-order chi connectivity index (χ1) is 9.88. The van der Waals surface area contributed by atoms with E-state index in [1.54, 1.807) is 0 Å². The van der Waals surface area contributed by atoms with Crippen molar-refractivity contribution in [2.45, 2.75) is 49.6 Å². The highest BCUT2D eigenvalue weighted by atomic mass is 32.3. The Morgan fingerprint density at radius 2 is 1.76 bits per heavy atom. The van der Waals surface area contributed by atoms with Crippen molar-refractivity contribution in [3.8, 4) is 0 Å². The molecule has 2 saturated carbocycles. The van der Waals surface area contributed by atoms with E-state index in [4.69, 9.17) is 0 Å². The SMILES string of the molecule is CC(C1CC1)N(C(=O)c1ccc(S(=O)(=O)F)cc1)C1CC1. The van der Waals surface area contributed by atoms with E-state index in [9.17, 15) is 17.1 Å².